The fraction of sp³-hybridized carbons (Fsp3) is 0.611. The molecule has 1 amide bonds. The van der Waals surface area contributed by atoms with Crippen molar-refractivity contribution in [2.45, 2.75) is 32.6 Å². The van der Waals surface area contributed by atoms with Gasteiger partial charge >= 0.3 is 0 Å². The molecular weight excluding hydrogens is 260 g/mol. The van der Waals surface area contributed by atoms with E-state index in [0.717, 1.165) is 30.5 Å². The Morgan fingerprint density at radius 3 is 2.52 bits per heavy atom. The van der Waals surface area contributed by atoms with Gasteiger partial charge in [0.2, 0.25) is 5.91 Å². The Morgan fingerprint density at radius 1 is 1.24 bits per heavy atom. The minimum absolute atomic E-state index is 0.294. The number of nitrogen functional groups attached to an aromatic ring is 1. The molecule has 3 aliphatic carbocycles. The number of rotatable bonds is 4. The maximum atomic E-state index is 13.1. The zero-order valence-corrected chi connectivity index (χ0v) is 12.7. The average molecular weight is 284 g/mol. The Kier molecular flexibility index (Phi) is 2.98. The van der Waals surface area contributed by atoms with Gasteiger partial charge in [-0.25, -0.2) is 0 Å². The molecule has 0 aromatic heterocycles. The van der Waals surface area contributed by atoms with Crippen LogP contribution in [0.4, 0.5) is 11.4 Å². The minimum atomic E-state index is 0.294. The quantitative estimate of drug-likeness (QED) is 0.862. The second kappa shape index (κ2) is 4.75. The van der Waals surface area contributed by atoms with Gasteiger partial charge in [-0.15, -0.1) is 0 Å². The van der Waals surface area contributed by atoms with Crippen LogP contribution in [0, 0.1) is 29.6 Å². The highest BCUT2D eigenvalue weighted by molar-refractivity contribution is 5.99. The molecule has 3 nitrogen and oxygen atoms in total. The first-order valence-corrected chi connectivity index (χ1v) is 8.38. The van der Waals surface area contributed by atoms with Gasteiger partial charge < -0.3 is 10.6 Å². The molecule has 4 rings (SSSR count). The molecule has 3 saturated carbocycles. The summed E-state index contributed by atoms with van der Waals surface area (Å²) >= 11 is 0. The summed E-state index contributed by atoms with van der Waals surface area (Å²) in [7, 11) is 0. The van der Waals surface area contributed by atoms with Crippen molar-refractivity contribution in [3.63, 3.8) is 0 Å². The molecule has 1 aromatic rings. The van der Waals surface area contributed by atoms with E-state index in [9.17, 15) is 4.79 Å². The predicted octanol–water partition coefficient (Wildman–Crippen LogP) is 3.30. The largest absolute Gasteiger partial charge is 0.397 e. The van der Waals surface area contributed by atoms with Crippen LogP contribution in [0.25, 0.3) is 0 Å². The predicted molar refractivity (Wildman–Crippen MR) is 84.8 cm³/mol. The van der Waals surface area contributed by atoms with E-state index < -0.39 is 0 Å². The van der Waals surface area contributed by atoms with Crippen LogP contribution < -0.4 is 10.6 Å². The highest BCUT2D eigenvalue weighted by Crippen LogP contribution is 2.69. The van der Waals surface area contributed by atoms with Crippen LogP contribution in [0.2, 0.25) is 0 Å². The number of para-hydroxylation sites is 2. The Hall–Kier alpha value is -1.51. The molecule has 0 aliphatic heterocycles. The van der Waals surface area contributed by atoms with Gasteiger partial charge in [0, 0.05) is 12.5 Å². The number of nitrogens with two attached hydrogens (primary N) is 1. The van der Waals surface area contributed by atoms with Crippen molar-refractivity contribution in [2.24, 2.45) is 29.6 Å². The molecule has 0 heterocycles. The van der Waals surface area contributed by atoms with Crippen LogP contribution in [-0.2, 0) is 4.79 Å². The molecular formula is C18H24N2O. The molecule has 4 atom stereocenters. The van der Waals surface area contributed by atoms with Crippen LogP contribution in [0.5, 0.6) is 0 Å². The molecule has 3 fully saturated rings. The van der Waals surface area contributed by atoms with E-state index >= 15 is 0 Å². The highest BCUT2D eigenvalue weighted by Gasteiger charge is 2.68. The lowest BCUT2D eigenvalue weighted by molar-refractivity contribution is -0.120. The second-order valence-electron chi connectivity index (χ2n) is 7.06. The third kappa shape index (κ3) is 1.90. The third-order valence-electron chi connectivity index (χ3n) is 5.96. The van der Waals surface area contributed by atoms with Crippen LogP contribution in [0.1, 0.15) is 32.6 Å². The Morgan fingerprint density at radius 2 is 1.90 bits per heavy atom. The van der Waals surface area contributed by atoms with Gasteiger partial charge in [-0.2, -0.15) is 0 Å². The second-order valence-corrected chi connectivity index (χ2v) is 7.06. The molecule has 0 saturated heterocycles. The zero-order chi connectivity index (χ0) is 14.6. The molecule has 0 spiro atoms. The van der Waals surface area contributed by atoms with E-state index in [2.05, 4.69) is 6.92 Å². The summed E-state index contributed by atoms with van der Waals surface area (Å²) in [4.78, 5) is 15.0. The summed E-state index contributed by atoms with van der Waals surface area (Å²) in [6.45, 7) is 2.90. The molecule has 112 valence electrons. The number of hydrogen-bond acceptors (Lipinski definition) is 2. The maximum Gasteiger partial charge on any atom is 0.230 e. The van der Waals surface area contributed by atoms with Gasteiger partial charge in [0.1, 0.15) is 0 Å². The van der Waals surface area contributed by atoms with Crippen molar-refractivity contribution in [3.05, 3.63) is 24.3 Å². The van der Waals surface area contributed by atoms with Gasteiger partial charge in [-0.1, -0.05) is 19.1 Å². The van der Waals surface area contributed by atoms with E-state index in [-0.39, 0.29) is 0 Å². The lowest BCUT2D eigenvalue weighted by Crippen LogP contribution is -2.35. The number of nitrogens with zero attached hydrogens (tertiary/aromatic N) is 1. The summed E-state index contributed by atoms with van der Waals surface area (Å²) in [6, 6.07) is 7.77. The van der Waals surface area contributed by atoms with Crippen molar-refractivity contribution >= 4 is 17.3 Å². The van der Waals surface area contributed by atoms with E-state index in [1.165, 1.54) is 19.3 Å². The number of benzene rings is 1. The smallest absolute Gasteiger partial charge is 0.230 e. The molecule has 4 unspecified atom stereocenters. The topological polar surface area (TPSA) is 46.3 Å². The standard InChI is InChI=1S/C18H24N2O/c1-2-9-20(14-6-4-3-5-13(14)19)18(21)17-15-11-7-8-12(10-11)16(15)17/h3-6,11-12,15-17H,2,7-10,19H2,1H3. The Labute approximate surface area is 126 Å². The first-order chi connectivity index (χ1) is 10.2. The van der Waals surface area contributed by atoms with Crippen molar-refractivity contribution in [3.8, 4) is 0 Å². The van der Waals surface area contributed by atoms with Gasteiger partial charge in [-0.3, -0.25) is 4.79 Å². The van der Waals surface area contributed by atoms with Gasteiger partial charge in [0.15, 0.2) is 0 Å². The minimum Gasteiger partial charge on any atom is -0.397 e. The summed E-state index contributed by atoms with van der Waals surface area (Å²) in [6.07, 6.45) is 5.07. The number of anilines is 2. The van der Waals surface area contributed by atoms with Gasteiger partial charge in [0.05, 0.1) is 11.4 Å². The summed E-state index contributed by atoms with van der Waals surface area (Å²) in [5, 5.41) is 0. The molecule has 2 bridgehead atoms. The van der Waals surface area contributed by atoms with E-state index in [4.69, 9.17) is 5.73 Å². The molecule has 2 N–H and O–H groups in total. The zero-order valence-electron chi connectivity index (χ0n) is 12.7. The summed E-state index contributed by atoms with van der Waals surface area (Å²) in [5.74, 6) is 3.70. The van der Waals surface area contributed by atoms with Crippen LogP contribution in [-0.4, -0.2) is 12.5 Å². The third-order valence-corrected chi connectivity index (χ3v) is 5.96. The number of amides is 1. The molecule has 3 aliphatic rings. The fourth-order valence-corrected chi connectivity index (χ4v) is 5.14. The first-order valence-electron chi connectivity index (χ1n) is 8.38. The van der Waals surface area contributed by atoms with E-state index in [0.29, 0.717) is 29.3 Å². The number of carbonyl (C=O) groups excluding carboxylic acids is 1. The maximum absolute atomic E-state index is 13.1. The Bertz CT molecular complexity index is 554. The lowest BCUT2D eigenvalue weighted by Gasteiger charge is -2.25. The van der Waals surface area contributed by atoms with Gasteiger partial charge in [-0.05, 0) is 61.5 Å². The van der Waals surface area contributed by atoms with Crippen LogP contribution in [0.3, 0.4) is 0 Å². The summed E-state index contributed by atoms with van der Waals surface area (Å²) < 4.78 is 0. The van der Waals surface area contributed by atoms with Crippen LogP contribution in [0.15, 0.2) is 24.3 Å². The molecule has 21 heavy (non-hydrogen) atoms. The monoisotopic (exact) mass is 284 g/mol. The van der Waals surface area contributed by atoms with Crippen molar-refractivity contribution in [1.29, 1.82) is 0 Å². The normalized spacial score (nSPS) is 35.6. The van der Waals surface area contributed by atoms with Crippen molar-refractivity contribution < 1.29 is 4.79 Å². The van der Waals surface area contributed by atoms with Crippen molar-refractivity contribution in [2.75, 3.05) is 17.2 Å². The molecule has 3 heteroatoms. The van der Waals surface area contributed by atoms with E-state index in [1.807, 2.05) is 29.2 Å². The number of carbonyl (C=O) groups is 1. The average Bonchev–Trinajstić information content (AvgIpc) is 2.92. The first kappa shape index (κ1) is 13.2. The highest BCUT2D eigenvalue weighted by atomic mass is 16.2. The summed E-state index contributed by atoms with van der Waals surface area (Å²) in [5.41, 5.74) is 7.72. The van der Waals surface area contributed by atoms with E-state index in [1.54, 1.807) is 0 Å². The molecule has 1 aromatic carbocycles. The van der Waals surface area contributed by atoms with Crippen molar-refractivity contribution in [1.82, 2.24) is 0 Å². The Balaban J connectivity index is 1.58. The van der Waals surface area contributed by atoms with Crippen LogP contribution >= 0.6 is 0 Å². The van der Waals surface area contributed by atoms with Gasteiger partial charge in [0.25, 0.3) is 0 Å². The SMILES string of the molecule is CCCN(C(=O)C1C2C3CCC(C3)C12)c1ccccc1N. The number of fused-ring (bicyclic) bond motifs is 5. The lowest BCUT2D eigenvalue weighted by atomic mass is 10.0. The molecule has 0 radical (unpaired) electrons. The fourth-order valence-electron chi connectivity index (χ4n) is 5.14. The number of hydrogen-bond donors (Lipinski definition) is 1.